The second-order valence-corrected chi connectivity index (χ2v) is 6.97. The first-order chi connectivity index (χ1) is 12.7. The van der Waals surface area contributed by atoms with E-state index in [1.165, 1.54) is 0 Å². The van der Waals surface area contributed by atoms with Gasteiger partial charge in [-0.05, 0) is 30.3 Å². The van der Waals surface area contributed by atoms with Crippen LogP contribution >= 0.6 is 15.9 Å². The van der Waals surface area contributed by atoms with Crippen molar-refractivity contribution in [3.63, 3.8) is 0 Å². The number of halogens is 1. The van der Waals surface area contributed by atoms with Crippen molar-refractivity contribution in [1.82, 2.24) is 14.4 Å². The minimum atomic E-state index is -0.0896. The lowest BCUT2D eigenvalue weighted by atomic mass is 10.1. The molecule has 124 valence electrons. The Morgan fingerprint density at radius 2 is 1.58 bits per heavy atom. The molecule has 26 heavy (non-hydrogen) atoms. The summed E-state index contributed by atoms with van der Waals surface area (Å²) in [5, 5.41) is 0.594. The second-order valence-electron chi connectivity index (χ2n) is 6.05. The number of benzene rings is 3. The molecule has 0 saturated carbocycles. The highest BCUT2D eigenvalue weighted by molar-refractivity contribution is 9.10. The number of nitrogens with zero attached hydrogens (tertiary/aromatic N) is 3. The van der Waals surface area contributed by atoms with Gasteiger partial charge in [0, 0.05) is 10.0 Å². The minimum Gasteiger partial charge on any atom is -0.268 e. The zero-order valence-corrected chi connectivity index (χ0v) is 15.1. The van der Waals surface area contributed by atoms with Crippen molar-refractivity contribution in [2.75, 3.05) is 0 Å². The van der Waals surface area contributed by atoms with Gasteiger partial charge >= 0.3 is 0 Å². The van der Waals surface area contributed by atoms with E-state index in [-0.39, 0.29) is 5.56 Å². The Morgan fingerprint density at radius 3 is 2.42 bits per heavy atom. The van der Waals surface area contributed by atoms with Gasteiger partial charge in [0.15, 0.2) is 5.65 Å². The molecule has 0 spiro atoms. The van der Waals surface area contributed by atoms with Crippen molar-refractivity contribution in [2.45, 2.75) is 0 Å². The average molecular weight is 402 g/mol. The molecule has 2 heterocycles. The van der Waals surface area contributed by atoms with Gasteiger partial charge in [-0.1, -0.05) is 58.4 Å². The van der Waals surface area contributed by atoms with Crippen LogP contribution in [0, 0.1) is 0 Å². The Hall–Kier alpha value is -3.05. The summed E-state index contributed by atoms with van der Waals surface area (Å²) < 4.78 is 2.55. The van der Waals surface area contributed by atoms with Crippen molar-refractivity contribution >= 4 is 43.5 Å². The number of hydrogen-bond donors (Lipinski definition) is 0. The Morgan fingerprint density at radius 1 is 0.808 bits per heavy atom. The molecule has 5 heteroatoms. The number of para-hydroxylation sites is 1. The lowest BCUT2D eigenvalue weighted by molar-refractivity contribution is 1.11. The standard InChI is InChI=1S/C21H12BrN3O/c22-14-10-11-17-18(12-14)25-20(19(23-17)13-6-2-1-3-7-13)24-16-9-5-4-8-15(16)21(25)26/h1-12H. The monoisotopic (exact) mass is 401 g/mol. The molecule has 3 aromatic carbocycles. The summed E-state index contributed by atoms with van der Waals surface area (Å²) >= 11 is 3.49. The van der Waals surface area contributed by atoms with E-state index in [4.69, 9.17) is 9.97 Å². The van der Waals surface area contributed by atoms with E-state index in [2.05, 4.69) is 15.9 Å². The molecule has 0 atom stereocenters. The fourth-order valence-corrected chi connectivity index (χ4v) is 3.59. The maximum atomic E-state index is 13.3. The third-order valence-corrected chi connectivity index (χ3v) is 4.94. The van der Waals surface area contributed by atoms with Gasteiger partial charge in [-0.15, -0.1) is 0 Å². The molecule has 0 unspecified atom stereocenters. The van der Waals surface area contributed by atoms with Crippen molar-refractivity contribution < 1.29 is 0 Å². The van der Waals surface area contributed by atoms with E-state index in [9.17, 15) is 4.79 Å². The molecule has 0 radical (unpaired) electrons. The Bertz CT molecular complexity index is 1360. The summed E-state index contributed by atoms with van der Waals surface area (Å²) in [6.45, 7) is 0. The molecule has 0 aliphatic rings. The molecular formula is C21H12BrN3O. The first-order valence-corrected chi connectivity index (χ1v) is 8.98. The van der Waals surface area contributed by atoms with Gasteiger partial charge < -0.3 is 0 Å². The fraction of sp³-hybridized carbons (Fsp3) is 0. The summed E-state index contributed by atoms with van der Waals surface area (Å²) in [6.07, 6.45) is 0. The van der Waals surface area contributed by atoms with Crippen molar-refractivity contribution in [3.8, 4) is 11.3 Å². The van der Waals surface area contributed by atoms with Gasteiger partial charge in [-0.2, -0.15) is 0 Å². The predicted octanol–water partition coefficient (Wildman–Crippen LogP) is 4.83. The highest BCUT2D eigenvalue weighted by Gasteiger charge is 2.15. The highest BCUT2D eigenvalue weighted by atomic mass is 79.9. The van der Waals surface area contributed by atoms with Gasteiger partial charge in [-0.25, -0.2) is 9.97 Å². The van der Waals surface area contributed by atoms with E-state index in [1.54, 1.807) is 4.40 Å². The lowest BCUT2D eigenvalue weighted by Gasteiger charge is -2.12. The molecule has 0 bridgehead atoms. The number of hydrogen-bond acceptors (Lipinski definition) is 3. The van der Waals surface area contributed by atoms with E-state index in [1.807, 2.05) is 72.8 Å². The van der Waals surface area contributed by atoms with Crippen LogP contribution in [-0.2, 0) is 0 Å². The Labute approximate surface area is 156 Å². The maximum absolute atomic E-state index is 13.3. The summed E-state index contributed by atoms with van der Waals surface area (Å²) in [4.78, 5) is 22.9. The Kier molecular flexibility index (Phi) is 3.36. The quantitative estimate of drug-likeness (QED) is 0.298. The third kappa shape index (κ3) is 2.24. The summed E-state index contributed by atoms with van der Waals surface area (Å²) in [5.74, 6) is 0. The van der Waals surface area contributed by atoms with Crippen LogP contribution < -0.4 is 5.56 Å². The topological polar surface area (TPSA) is 47.3 Å². The molecule has 0 aliphatic heterocycles. The van der Waals surface area contributed by atoms with Crippen LogP contribution in [0.15, 0.2) is 82.1 Å². The number of rotatable bonds is 1. The zero-order valence-electron chi connectivity index (χ0n) is 13.6. The van der Waals surface area contributed by atoms with Gasteiger partial charge in [-0.3, -0.25) is 9.20 Å². The first kappa shape index (κ1) is 15.2. The second kappa shape index (κ2) is 5.75. The van der Waals surface area contributed by atoms with Gasteiger partial charge in [0.25, 0.3) is 5.56 Å². The van der Waals surface area contributed by atoms with E-state index in [0.717, 1.165) is 21.1 Å². The first-order valence-electron chi connectivity index (χ1n) is 8.18. The smallest absolute Gasteiger partial charge is 0.266 e. The van der Waals surface area contributed by atoms with E-state index >= 15 is 0 Å². The SMILES string of the molecule is O=c1c2ccccc2nc2c(-c3ccccc3)nc3ccc(Br)cc3n12. The van der Waals surface area contributed by atoms with Crippen LogP contribution in [0.25, 0.3) is 38.8 Å². The number of fused-ring (bicyclic) bond motifs is 4. The normalized spacial score (nSPS) is 11.4. The predicted molar refractivity (Wildman–Crippen MR) is 107 cm³/mol. The highest BCUT2D eigenvalue weighted by Crippen LogP contribution is 2.27. The minimum absolute atomic E-state index is 0.0896. The van der Waals surface area contributed by atoms with Crippen molar-refractivity contribution in [3.05, 3.63) is 87.6 Å². The largest absolute Gasteiger partial charge is 0.268 e. The summed E-state index contributed by atoms with van der Waals surface area (Å²) in [6, 6.07) is 23.0. The molecule has 0 amide bonds. The average Bonchev–Trinajstić information content (AvgIpc) is 2.68. The van der Waals surface area contributed by atoms with Crippen LogP contribution in [0.1, 0.15) is 0 Å². The van der Waals surface area contributed by atoms with Crippen molar-refractivity contribution in [2.24, 2.45) is 0 Å². The van der Waals surface area contributed by atoms with Crippen LogP contribution in [0.3, 0.4) is 0 Å². The lowest BCUT2D eigenvalue weighted by Crippen LogP contribution is -2.17. The Balaban J connectivity index is 2.08. The van der Waals surface area contributed by atoms with Crippen LogP contribution in [0.4, 0.5) is 0 Å². The van der Waals surface area contributed by atoms with Crippen LogP contribution in [-0.4, -0.2) is 14.4 Å². The van der Waals surface area contributed by atoms with E-state index < -0.39 is 0 Å². The van der Waals surface area contributed by atoms with Crippen molar-refractivity contribution in [1.29, 1.82) is 0 Å². The maximum Gasteiger partial charge on any atom is 0.266 e. The summed E-state index contributed by atoms with van der Waals surface area (Å²) in [5.41, 5.74) is 4.25. The number of aromatic nitrogens is 3. The molecule has 5 rings (SSSR count). The molecular weight excluding hydrogens is 390 g/mol. The third-order valence-electron chi connectivity index (χ3n) is 4.45. The zero-order chi connectivity index (χ0) is 17.7. The molecule has 0 aliphatic carbocycles. The van der Waals surface area contributed by atoms with Crippen LogP contribution in [0.2, 0.25) is 0 Å². The van der Waals surface area contributed by atoms with Gasteiger partial charge in [0.1, 0.15) is 5.69 Å². The van der Waals surface area contributed by atoms with E-state index in [0.29, 0.717) is 22.2 Å². The molecule has 0 saturated heterocycles. The summed E-state index contributed by atoms with van der Waals surface area (Å²) in [7, 11) is 0. The molecule has 0 fully saturated rings. The van der Waals surface area contributed by atoms with Gasteiger partial charge in [0.05, 0.1) is 21.9 Å². The molecule has 4 nitrogen and oxygen atoms in total. The molecule has 0 N–H and O–H groups in total. The van der Waals surface area contributed by atoms with Crippen LogP contribution in [0.5, 0.6) is 0 Å². The molecule has 5 aromatic rings. The van der Waals surface area contributed by atoms with Gasteiger partial charge in [0.2, 0.25) is 0 Å². The molecule has 2 aromatic heterocycles. The fourth-order valence-electron chi connectivity index (χ4n) is 3.25.